The van der Waals surface area contributed by atoms with Crippen LogP contribution in [0.2, 0.25) is 0 Å². The number of esters is 1. The fourth-order valence-electron chi connectivity index (χ4n) is 3.24. The van der Waals surface area contributed by atoms with Gasteiger partial charge in [-0.05, 0) is 61.4 Å². The van der Waals surface area contributed by atoms with Gasteiger partial charge >= 0.3 is 5.97 Å². The molecule has 2 aromatic carbocycles. The van der Waals surface area contributed by atoms with Gasteiger partial charge in [0.25, 0.3) is 5.56 Å². The van der Waals surface area contributed by atoms with E-state index < -0.39 is 17.4 Å². The third-order valence-electron chi connectivity index (χ3n) is 5.18. The highest BCUT2D eigenvalue weighted by molar-refractivity contribution is 5.92. The number of anilines is 1. The van der Waals surface area contributed by atoms with E-state index in [2.05, 4.69) is 20.3 Å². The van der Waals surface area contributed by atoms with Crippen LogP contribution in [0.3, 0.4) is 0 Å². The number of fused-ring (bicyclic) bond motifs is 1. The summed E-state index contributed by atoms with van der Waals surface area (Å²) in [4.78, 5) is 36.8. The second kappa shape index (κ2) is 8.46. The van der Waals surface area contributed by atoms with Crippen LogP contribution in [0.5, 0.6) is 0 Å². The van der Waals surface area contributed by atoms with Gasteiger partial charge in [-0.2, -0.15) is 10.2 Å². The van der Waals surface area contributed by atoms with Crippen LogP contribution in [0.25, 0.3) is 16.8 Å². The van der Waals surface area contributed by atoms with Crippen molar-refractivity contribution in [1.29, 1.82) is 0 Å². The lowest BCUT2D eigenvalue weighted by molar-refractivity contribution is -0.117. The van der Waals surface area contributed by atoms with Crippen LogP contribution < -0.4 is 10.9 Å². The largest absolute Gasteiger partial charge is 0.465 e. The first kappa shape index (κ1) is 21.0. The first-order valence-electron chi connectivity index (χ1n) is 9.87. The van der Waals surface area contributed by atoms with Crippen LogP contribution in [0.15, 0.2) is 59.7 Å². The molecule has 0 unspecified atom stereocenters. The molecule has 0 radical (unpaired) electrons. The lowest BCUT2D eigenvalue weighted by Crippen LogP contribution is -2.30. The van der Waals surface area contributed by atoms with Gasteiger partial charge in [0, 0.05) is 11.3 Å². The highest BCUT2D eigenvalue weighted by Crippen LogP contribution is 2.21. The van der Waals surface area contributed by atoms with E-state index in [4.69, 9.17) is 0 Å². The maximum Gasteiger partial charge on any atom is 0.337 e. The van der Waals surface area contributed by atoms with Crippen LogP contribution in [0, 0.1) is 13.8 Å². The van der Waals surface area contributed by atoms with Crippen molar-refractivity contribution in [2.75, 3.05) is 12.4 Å². The van der Waals surface area contributed by atoms with Crippen molar-refractivity contribution in [3.8, 4) is 11.3 Å². The molecule has 0 spiro atoms. The summed E-state index contributed by atoms with van der Waals surface area (Å²) in [5, 5.41) is 11.2. The van der Waals surface area contributed by atoms with Crippen LogP contribution in [-0.4, -0.2) is 38.4 Å². The predicted octanol–water partition coefficient (Wildman–Crippen LogP) is 2.60. The van der Waals surface area contributed by atoms with Crippen molar-refractivity contribution < 1.29 is 14.3 Å². The van der Waals surface area contributed by atoms with E-state index in [9.17, 15) is 14.4 Å². The molecule has 0 atom stereocenters. The van der Waals surface area contributed by atoms with Crippen molar-refractivity contribution in [3.63, 3.8) is 0 Å². The Bertz CT molecular complexity index is 1390. The second-order valence-corrected chi connectivity index (χ2v) is 7.37. The number of ether oxygens (including phenoxy) is 1. The molecule has 0 fully saturated rings. The normalized spacial score (nSPS) is 10.8. The maximum absolute atomic E-state index is 12.8. The molecule has 0 aliphatic heterocycles. The van der Waals surface area contributed by atoms with Gasteiger partial charge < -0.3 is 10.1 Å². The quantitative estimate of drug-likeness (QED) is 0.487. The monoisotopic (exact) mass is 431 g/mol. The molecule has 1 N–H and O–H groups in total. The van der Waals surface area contributed by atoms with E-state index in [1.165, 1.54) is 23.5 Å². The number of nitrogens with zero attached hydrogens (tertiary/aromatic N) is 4. The van der Waals surface area contributed by atoms with Gasteiger partial charge in [0.15, 0.2) is 0 Å². The maximum atomic E-state index is 12.8. The number of aromatic nitrogens is 4. The van der Waals surface area contributed by atoms with Gasteiger partial charge in [0.05, 0.1) is 18.4 Å². The van der Waals surface area contributed by atoms with Gasteiger partial charge in [-0.25, -0.2) is 14.0 Å². The van der Waals surface area contributed by atoms with Crippen molar-refractivity contribution in [1.82, 2.24) is 19.4 Å². The SMILES string of the molecule is COC(=O)c1ccc(NC(=O)Cn2ncn3nc(-c4ccc(C)c(C)c4)cc3c2=O)cc1. The van der Waals surface area contributed by atoms with E-state index in [-0.39, 0.29) is 6.54 Å². The molecule has 0 aliphatic carbocycles. The van der Waals surface area contributed by atoms with E-state index >= 15 is 0 Å². The number of aryl methyl sites for hydroxylation is 2. The molecule has 162 valence electrons. The number of hydrogen-bond donors (Lipinski definition) is 1. The minimum Gasteiger partial charge on any atom is -0.465 e. The predicted molar refractivity (Wildman–Crippen MR) is 119 cm³/mol. The van der Waals surface area contributed by atoms with Crippen molar-refractivity contribution in [2.24, 2.45) is 0 Å². The molecule has 2 aromatic heterocycles. The highest BCUT2D eigenvalue weighted by Gasteiger charge is 2.13. The molecule has 0 saturated carbocycles. The summed E-state index contributed by atoms with van der Waals surface area (Å²) in [6.45, 7) is 3.78. The summed E-state index contributed by atoms with van der Waals surface area (Å²) in [5.41, 5.74) is 4.61. The Kier molecular flexibility index (Phi) is 5.55. The zero-order valence-electron chi connectivity index (χ0n) is 17.8. The second-order valence-electron chi connectivity index (χ2n) is 7.37. The number of carbonyl (C=O) groups is 2. The van der Waals surface area contributed by atoms with E-state index in [0.717, 1.165) is 15.8 Å². The fraction of sp³-hybridized carbons (Fsp3) is 0.174. The van der Waals surface area contributed by atoms with Crippen molar-refractivity contribution in [3.05, 3.63) is 81.9 Å². The third kappa shape index (κ3) is 4.13. The Morgan fingerprint density at radius 3 is 2.47 bits per heavy atom. The first-order valence-corrected chi connectivity index (χ1v) is 9.87. The summed E-state index contributed by atoms with van der Waals surface area (Å²) in [6.07, 6.45) is 1.40. The zero-order valence-corrected chi connectivity index (χ0v) is 17.8. The summed E-state index contributed by atoms with van der Waals surface area (Å²) in [6, 6.07) is 13.9. The lowest BCUT2D eigenvalue weighted by atomic mass is 10.0. The zero-order chi connectivity index (χ0) is 22.8. The minimum absolute atomic E-state index is 0.266. The molecule has 0 saturated heterocycles. The van der Waals surface area contributed by atoms with Gasteiger partial charge in [-0.3, -0.25) is 9.59 Å². The molecule has 9 heteroatoms. The topological polar surface area (TPSA) is 108 Å². The summed E-state index contributed by atoms with van der Waals surface area (Å²) in [7, 11) is 1.30. The fourth-order valence-corrected chi connectivity index (χ4v) is 3.24. The summed E-state index contributed by atoms with van der Waals surface area (Å²) >= 11 is 0. The van der Waals surface area contributed by atoms with Crippen LogP contribution in [0.1, 0.15) is 21.5 Å². The number of carbonyl (C=O) groups excluding carboxylic acids is 2. The highest BCUT2D eigenvalue weighted by atomic mass is 16.5. The van der Waals surface area contributed by atoms with Crippen molar-refractivity contribution >= 4 is 23.1 Å². The van der Waals surface area contributed by atoms with Crippen LogP contribution >= 0.6 is 0 Å². The molecule has 0 aliphatic rings. The molecule has 0 bridgehead atoms. The molecular formula is C23H21N5O4. The molecule has 1 amide bonds. The van der Waals surface area contributed by atoms with E-state index in [1.807, 2.05) is 32.0 Å². The average molecular weight is 431 g/mol. The number of methoxy groups -OCH3 is 1. The van der Waals surface area contributed by atoms with E-state index in [1.54, 1.807) is 30.3 Å². The van der Waals surface area contributed by atoms with Crippen LogP contribution in [-0.2, 0) is 16.1 Å². The summed E-state index contributed by atoms with van der Waals surface area (Å²) < 4.78 is 7.14. The smallest absolute Gasteiger partial charge is 0.337 e. The summed E-state index contributed by atoms with van der Waals surface area (Å²) in [5.74, 6) is -0.892. The number of hydrogen-bond acceptors (Lipinski definition) is 6. The Morgan fingerprint density at radius 2 is 1.78 bits per heavy atom. The Labute approximate surface area is 183 Å². The first-order chi connectivity index (χ1) is 15.4. The average Bonchev–Trinajstić information content (AvgIpc) is 3.23. The standard InChI is InChI=1S/C23H21N5O4/c1-14-4-5-17(10-15(14)2)19-11-20-22(30)27(24-13-28(20)26-19)12-21(29)25-18-8-6-16(7-9-18)23(31)32-3/h4-11,13H,12H2,1-3H3,(H,25,29). The number of nitrogens with one attached hydrogen (secondary N) is 1. The number of benzene rings is 2. The molecule has 2 heterocycles. The number of amides is 1. The Hall–Kier alpha value is -4.27. The van der Waals surface area contributed by atoms with E-state index in [0.29, 0.717) is 22.5 Å². The van der Waals surface area contributed by atoms with Crippen molar-refractivity contribution in [2.45, 2.75) is 20.4 Å². The molecular weight excluding hydrogens is 410 g/mol. The molecule has 32 heavy (non-hydrogen) atoms. The Morgan fingerprint density at radius 1 is 1.03 bits per heavy atom. The Balaban J connectivity index is 1.53. The van der Waals surface area contributed by atoms with Crippen LogP contribution in [0.4, 0.5) is 5.69 Å². The molecule has 4 aromatic rings. The van der Waals surface area contributed by atoms with Gasteiger partial charge in [0.1, 0.15) is 18.4 Å². The molecule has 9 nitrogen and oxygen atoms in total. The van der Waals surface area contributed by atoms with Gasteiger partial charge in [-0.15, -0.1) is 0 Å². The van der Waals surface area contributed by atoms with Gasteiger partial charge in [-0.1, -0.05) is 12.1 Å². The lowest BCUT2D eigenvalue weighted by Gasteiger charge is -2.07. The minimum atomic E-state index is -0.465. The number of rotatable bonds is 5. The van der Waals surface area contributed by atoms with Gasteiger partial charge in [0.2, 0.25) is 5.91 Å². The third-order valence-corrected chi connectivity index (χ3v) is 5.18. The molecule has 4 rings (SSSR count).